The molecule has 0 saturated carbocycles. The van der Waals surface area contributed by atoms with Gasteiger partial charge >= 0.3 is 0 Å². The minimum Gasteiger partial charge on any atom is -0.369 e. The lowest BCUT2D eigenvalue weighted by molar-refractivity contribution is -0.131. The summed E-state index contributed by atoms with van der Waals surface area (Å²) in [6, 6.07) is 19.5. The van der Waals surface area contributed by atoms with Gasteiger partial charge in [-0.05, 0) is 17.5 Å². The van der Waals surface area contributed by atoms with E-state index in [0.29, 0.717) is 19.5 Å². The summed E-state index contributed by atoms with van der Waals surface area (Å²) in [5.74, 6) is -0.863. The Balaban J connectivity index is 1.90. The van der Waals surface area contributed by atoms with Crippen molar-refractivity contribution in [3.8, 4) is 0 Å². The number of carbonyl (C=O) groups excluding carboxylic acids is 2. The van der Waals surface area contributed by atoms with Gasteiger partial charge in [0.15, 0.2) is 0 Å². The molecule has 2 aromatic carbocycles. The third-order valence-electron chi connectivity index (χ3n) is 4.42. The first-order valence-electron chi connectivity index (χ1n) is 7.85. The Morgan fingerprint density at radius 1 is 0.957 bits per heavy atom. The van der Waals surface area contributed by atoms with Crippen LogP contribution in [-0.2, 0) is 9.59 Å². The predicted octanol–water partition coefficient (Wildman–Crippen LogP) is 2.15. The van der Waals surface area contributed by atoms with Crippen molar-refractivity contribution >= 4 is 11.8 Å². The van der Waals surface area contributed by atoms with Crippen molar-refractivity contribution in [3.63, 3.8) is 0 Å². The number of benzene rings is 2. The van der Waals surface area contributed by atoms with Crippen molar-refractivity contribution in [1.82, 2.24) is 4.90 Å². The maximum Gasteiger partial charge on any atom is 0.234 e. The molecule has 118 valence electrons. The lowest BCUT2D eigenvalue weighted by Crippen LogP contribution is -2.35. The Morgan fingerprint density at radius 2 is 1.48 bits per heavy atom. The molecule has 1 aliphatic heterocycles. The number of rotatable bonds is 4. The number of nitrogens with two attached hydrogens (primary N) is 1. The molecule has 1 aliphatic rings. The van der Waals surface area contributed by atoms with Crippen LogP contribution in [0, 0.1) is 5.92 Å². The van der Waals surface area contributed by atoms with Crippen molar-refractivity contribution in [3.05, 3.63) is 71.8 Å². The van der Waals surface area contributed by atoms with Gasteiger partial charge < -0.3 is 10.6 Å². The van der Waals surface area contributed by atoms with Crippen LogP contribution in [0.1, 0.15) is 23.5 Å². The molecule has 0 spiro atoms. The zero-order valence-electron chi connectivity index (χ0n) is 12.9. The number of primary amides is 1. The third kappa shape index (κ3) is 3.26. The zero-order chi connectivity index (χ0) is 16.2. The highest BCUT2D eigenvalue weighted by Gasteiger charge is 2.34. The monoisotopic (exact) mass is 308 g/mol. The molecule has 3 rings (SSSR count). The average molecular weight is 308 g/mol. The Labute approximate surface area is 135 Å². The van der Waals surface area contributed by atoms with Gasteiger partial charge in [0.05, 0.1) is 11.8 Å². The van der Waals surface area contributed by atoms with Crippen molar-refractivity contribution in [2.24, 2.45) is 11.7 Å². The van der Waals surface area contributed by atoms with E-state index in [-0.39, 0.29) is 23.7 Å². The molecule has 4 nitrogen and oxygen atoms in total. The molecule has 1 heterocycles. The molecule has 0 aromatic heterocycles. The molecule has 1 fully saturated rings. The summed E-state index contributed by atoms with van der Waals surface area (Å²) in [4.78, 5) is 26.2. The normalized spacial score (nSPS) is 17.4. The summed E-state index contributed by atoms with van der Waals surface area (Å²) in [6.07, 6.45) is 0.650. The smallest absolute Gasteiger partial charge is 0.234 e. The van der Waals surface area contributed by atoms with Crippen LogP contribution in [0.4, 0.5) is 0 Å². The van der Waals surface area contributed by atoms with E-state index in [9.17, 15) is 9.59 Å². The van der Waals surface area contributed by atoms with E-state index in [4.69, 9.17) is 5.73 Å². The quantitative estimate of drug-likeness (QED) is 0.940. The summed E-state index contributed by atoms with van der Waals surface area (Å²) >= 11 is 0. The standard InChI is InChI=1S/C19H20N2O2/c20-18(22)16-11-12-21(13-16)19(23)17(14-7-3-1-4-8-14)15-9-5-2-6-10-15/h1-10,16-17H,11-13H2,(H2,20,22)/t16-/m0/s1. The molecule has 2 N–H and O–H groups in total. The molecule has 0 unspecified atom stereocenters. The first-order valence-corrected chi connectivity index (χ1v) is 7.85. The minimum atomic E-state index is -0.343. The van der Waals surface area contributed by atoms with Gasteiger partial charge in [0, 0.05) is 13.1 Å². The minimum absolute atomic E-state index is 0.0335. The summed E-state index contributed by atoms with van der Waals surface area (Å²) in [5, 5.41) is 0. The fourth-order valence-electron chi connectivity index (χ4n) is 3.14. The van der Waals surface area contributed by atoms with Crippen LogP contribution in [0.15, 0.2) is 60.7 Å². The van der Waals surface area contributed by atoms with Gasteiger partial charge in [-0.2, -0.15) is 0 Å². The maximum atomic E-state index is 13.1. The average Bonchev–Trinajstić information content (AvgIpc) is 3.07. The number of amides is 2. The lowest BCUT2D eigenvalue weighted by Gasteiger charge is -2.24. The van der Waals surface area contributed by atoms with E-state index in [1.807, 2.05) is 60.7 Å². The molecule has 2 aromatic rings. The molecule has 4 heteroatoms. The second kappa shape index (κ2) is 6.65. The van der Waals surface area contributed by atoms with Crippen LogP contribution in [0.2, 0.25) is 0 Å². The maximum absolute atomic E-state index is 13.1. The predicted molar refractivity (Wildman–Crippen MR) is 88.6 cm³/mol. The number of nitrogens with zero attached hydrogens (tertiary/aromatic N) is 1. The van der Waals surface area contributed by atoms with Crippen molar-refractivity contribution < 1.29 is 9.59 Å². The molecule has 23 heavy (non-hydrogen) atoms. The van der Waals surface area contributed by atoms with E-state index >= 15 is 0 Å². The van der Waals surface area contributed by atoms with E-state index < -0.39 is 0 Å². The van der Waals surface area contributed by atoms with Gasteiger partial charge in [-0.15, -0.1) is 0 Å². The van der Waals surface area contributed by atoms with Gasteiger partial charge in [-0.25, -0.2) is 0 Å². The van der Waals surface area contributed by atoms with Crippen LogP contribution in [0.3, 0.4) is 0 Å². The SMILES string of the molecule is NC(=O)[C@H]1CCN(C(=O)C(c2ccccc2)c2ccccc2)C1. The highest BCUT2D eigenvalue weighted by Crippen LogP contribution is 2.29. The molecule has 0 bridgehead atoms. The molecular formula is C19H20N2O2. The van der Waals surface area contributed by atoms with Gasteiger partial charge in [-0.1, -0.05) is 60.7 Å². The van der Waals surface area contributed by atoms with Crippen LogP contribution in [0.5, 0.6) is 0 Å². The second-order valence-electron chi connectivity index (χ2n) is 5.93. The Hall–Kier alpha value is -2.62. The molecule has 1 atom stereocenters. The molecule has 1 saturated heterocycles. The van der Waals surface area contributed by atoms with Crippen molar-refractivity contribution in [2.45, 2.75) is 12.3 Å². The van der Waals surface area contributed by atoms with E-state index in [0.717, 1.165) is 11.1 Å². The molecule has 2 amide bonds. The Bertz CT molecular complexity index is 646. The van der Waals surface area contributed by atoms with E-state index in [1.54, 1.807) is 4.90 Å². The summed E-state index contributed by atoms with van der Waals surface area (Å²) in [5.41, 5.74) is 7.31. The number of likely N-dealkylation sites (tertiary alicyclic amines) is 1. The zero-order valence-corrected chi connectivity index (χ0v) is 12.9. The number of hydrogen-bond acceptors (Lipinski definition) is 2. The fourth-order valence-corrected chi connectivity index (χ4v) is 3.14. The highest BCUT2D eigenvalue weighted by atomic mass is 16.2. The summed E-state index contributed by atoms with van der Waals surface area (Å²) < 4.78 is 0. The molecule has 0 radical (unpaired) electrons. The fraction of sp³-hybridized carbons (Fsp3) is 0.263. The summed E-state index contributed by atoms with van der Waals surface area (Å²) in [7, 11) is 0. The van der Waals surface area contributed by atoms with Crippen LogP contribution in [-0.4, -0.2) is 29.8 Å². The van der Waals surface area contributed by atoms with Crippen molar-refractivity contribution in [2.75, 3.05) is 13.1 Å². The summed E-state index contributed by atoms with van der Waals surface area (Å²) in [6.45, 7) is 1.01. The number of carbonyl (C=O) groups is 2. The Morgan fingerprint density at radius 3 is 1.91 bits per heavy atom. The lowest BCUT2D eigenvalue weighted by atomic mass is 9.90. The first kappa shape index (κ1) is 15.3. The molecular weight excluding hydrogens is 288 g/mol. The van der Waals surface area contributed by atoms with Crippen LogP contribution in [0.25, 0.3) is 0 Å². The van der Waals surface area contributed by atoms with E-state index in [1.165, 1.54) is 0 Å². The van der Waals surface area contributed by atoms with Crippen LogP contribution >= 0.6 is 0 Å². The Kier molecular flexibility index (Phi) is 4.42. The topological polar surface area (TPSA) is 63.4 Å². The highest BCUT2D eigenvalue weighted by molar-refractivity contribution is 5.88. The van der Waals surface area contributed by atoms with Gasteiger partial charge in [0.25, 0.3) is 0 Å². The van der Waals surface area contributed by atoms with Crippen LogP contribution < -0.4 is 5.73 Å². The third-order valence-corrected chi connectivity index (χ3v) is 4.42. The van der Waals surface area contributed by atoms with E-state index in [2.05, 4.69) is 0 Å². The largest absolute Gasteiger partial charge is 0.369 e. The second-order valence-corrected chi connectivity index (χ2v) is 5.93. The van der Waals surface area contributed by atoms with Gasteiger partial charge in [0.1, 0.15) is 0 Å². The molecule has 0 aliphatic carbocycles. The van der Waals surface area contributed by atoms with Crippen molar-refractivity contribution in [1.29, 1.82) is 0 Å². The number of hydrogen-bond donors (Lipinski definition) is 1. The van der Waals surface area contributed by atoms with Gasteiger partial charge in [0.2, 0.25) is 11.8 Å². The van der Waals surface area contributed by atoms with Gasteiger partial charge in [-0.3, -0.25) is 9.59 Å². The first-order chi connectivity index (χ1) is 11.2.